The molecule has 2 saturated heterocycles. The molecule has 266 valence electrons. The van der Waals surface area contributed by atoms with Gasteiger partial charge in [-0.2, -0.15) is 4.98 Å². The summed E-state index contributed by atoms with van der Waals surface area (Å²) in [6.07, 6.45) is 12.7. The molecule has 12 heteroatoms. The minimum absolute atomic E-state index is 0.0226. The van der Waals surface area contributed by atoms with Crippen LogP contribution in [0.25, 0.3) is 11.0 Å². The Labute approximate surface area is 297 Å². The van der Waals surface area contributed by atoms with Gasteiger partial charge in [0, 0.05) is 37.1 Å². The van der Waals surface area contributed by atoms with Gasteiger partial charge in [-0.3, -0.25) is 29.1 Å². The molecule has 0 spiro atoms. The van der Waals surface area contributed by atoms with Crippen molar-refractivity contribution in [3.8, 4) is 5.75 Å². The number of benzene rings is 1. The Balaban J connectivity index is 0.898. The molecular formula is C39H45N7O5. The Morgan fingerprint density at radius 3 is 2.41 bits per heavy atom. The lowest BCUT2D eigenvalue weighted by Crippen LogP contribution is -2.39. The summed E-state index contributed by atoms with van der Waals surface area (Å²) in [5.74, 6) is 1.47. The van der Waals surface area contributed by atoms with Gasteiger partial charge >= 0.3 is 0 Å². The molecule has 4 aromatic rings. The lowest BCUT2D eigenvalue weighted by atomic mass is 9.90. The van der Waals surface area contributed by atoms with E-state index in [2.05, 4.69) is 31.6 Å². The van der Waals surface area contributed by atoms with Gasteiger partial charge in [-0.1, -0.05) is 25.0 Å². The predicted octanol–water partition coefficient (Wildman–Crippen LogP) is 6.15. The van der Waals surface area contributed by atoms with Gasteiger partial charge in [-0.05, 0) is 100 Å². The Kier molecular flexibility index (Phi) is 10.1. The topological polar surface area (TPSA) is 148 Å². The van der Waals surface area contributed by atoms with Gasteiger partial charge in [0.2, 0.25) is 17.8 Å². The van der Waals surface area contributed by atoms with Gasteiger partial charge in [0.25, 0.3) is 5.56 Å². The highest BCUT2D eigenvalue weighted by Crippen LogP contribution is 2.33. The number of pyridine rings is 2. The van der Waals surface area contributed by atoms with Crippen LogP contribution >= 0.6 is 0 Å². The largest absolute Gasteiger partial charge is 0.494 e. The Hall–Kier alpha value is -5.13. The van der Waals surface area contributed by atoms with E-state index in [0.717, 1.165) is 86.8 Å². The van der Waals surface area contributed by atoms with Crippen molar-refractivity contribution in [3.63, 3.8) is 0 Å². The molecule has 2 aliphatic heterocycles. The van der Waals surface area contributed by atoms with E-state index in [1.54, 1.807) is 17.7 Å². The standard InChI is InChI=1S/C39H45N7O5/c1-24-32-23-41-39(44-36(32)46(28-7-3-4-8-28)38(50)35(24)25(2)47)42-33-15-11-29(22-40-33)45-19-17-26(18-20-45)6-5-21-51-30-12-9-27(10-13-30)31-14-16-34(48)43-37(31)49/h9-13,15,22-23,26,28,31H,3-8,14,16-21H2,1-2H3,(H,43,48,49)(H,40,41,42,44). The molecule has 5 heterocycles. The van der Waals surface area contributed by atoms with Crippen LogP contribution in [-0.2, 0) is 9.59 Å². The number of piperidine rings is 2. The quantitative estimate of drug-likeness (QED) is 0.107. The zero-order valence-electron chi connectivity index (χ0n) is 29.3. The summed E-state index contributed by atoms with van der Waals surface area (Å²) in [7, 11) is 0. The van der Waals surface area contributed by atoms with Crippen molar-refractivity contribution in [2.45, 2.75) is 90.0 Å². The summed E-state index contributed by atoms with van der Waals surface area (Å²) in [4.78, 5) is 65.8. The highest BCUT2D eigenvalue weighted by Gasteiger charge is 2.28. The number of nitrogens with zero attached hydrogens (tertiary/aromatic N) is 5. The maximum Gasteiger partial charge on any atom is 0.263 e. The number of Topliss-reactive ketones (excluding diaryl/α,β-unsaturated/α-hetero) is 1. The van der Waals surface area contributed by atoms with Crippen LogP contribution in [0.5, 0.6) is 5.75 Å². The van der Waals surface area contributed by atoms with Crippen LogP contribution in [0.2, 0.25) is 0 Å². The molecule has 1 atom stereocenters. The minimum Gasteiger partial charge on any atom is -0.494 e. The van der Waals surface area contributed by atoms with Gasteiger partial charge in [-0.15, -0.1) is 0 Å². The first-order valence-corrected chi connectivity index (χ1v) is 18.2. The van der Waals surface area contributed by atoms with Crippen LogP contribution in [0.3, 0.4) is 0 Å². The lowest BCUT2D eigenvalue weighted by Gasteiger charge is -2.33. The summed E-state index contributed by atoms with van der Waals surface area (Å²) in [6, 6.07) is 11.7. The van der Waals surface area contributed by atoms with E-state index in [1.807, 2.05) is 36.5 Å². The first-order chi connectivity index (χ1) is 24.7. The molecular weight excluding hydrogens is 646 g/mol. The van der Waals surface area contributed by atoms with E-state index in [9.17, 15) is 19.2 Å². The number of imide groups is 1. The lowest BCUT2D eigenvalue weighted by molar-refractivity contribution is -0.134. The molecule has 2 amide bonds. The summed E-state index contributed by atoms with van der Waals surface area (Å²) in [5, 5.41) is 6.35. The number of aryl methyl sites for hydroxylation is 1. The number of nitrogens with one attached hydrogen (secondary N) is 2. The maximum atomic E-state index is 13.5. The number of ether oxygens (including phenoxy) is 1. The predicted molar refractivity (Wildman–Crippen MR) is 195 cm³/mol. The highest BCUT2D eigenvalue weighted by molar-refractivity contribution is 6.01. The van der Waals surface area contributed by atoms with Crippen LogP contribution in [0.15, 0.2) is 53.6 Å². The van der Waals surface area contributed by atoms with Gasteiger partial charge < -0.3 is 15.0 Å². The molecule has 7 rings (SSSR count). The van der Waals surface area contributed by atoms with Crippen LogP contribution in [-0.4, -0.2) is 56.8 Å². The molecule has 2 N–H and O–H groups in total. The molecule has 1 unspecified atom stereocenters. The van der Waals surface area contributed by atoms with Crippen molar-refractivity contribution in [1.82, 2.24) is 24.8 Å². The smallest absolute Gasteiger partial charge is 0.263 e. The van der Waals surface area contributed by atoms with E-state index >= 15 is 0 Å². The van der Waals surface area contributed by atoms with Crippen molar-refractivity contribution in [2.24, 2.45) is 5.92 Å². The number of carbonyl (C=O) groups excluding carboxylic acids is 3. The number of amides is 2. The van der Waals surface area contributed by atoms with Gasteiger partial charge in [0.1, 0.15) is 17.2 Å². The monoisotopic (exact) mass is 691 g/mol. The van der Waals surface area contributed by atoms with Crippen molar-refractivity contribution >= 4 is 46.1 Å². The third-order valence-electron chi connectivity index (χ3n) is 10.8. The molecule has 1 aromatic carbocycles. The molecule has 1 saturated carbocycles. The van der Waals surface area contributed by atoms with Crippen LogP contribution in [0.1, 0.15) is 105 Å². The first kappa shape index (κ1) is 34.3. The average molecular weight is 692 g/mol. The van der Waals surface area contributed by atoms with Crippen molar-refractivity contribution in [2.75, 3.05) is 29.9 Å². The first-order valence-electron chi connectivity index (χ1n) is 18.2. The SMILES string of the molecule is CC(=O)c1c(C)c2cnc(Nc3ccc(N4CCC(CCCOc5ccc(C6CCC(=O)NC6=O)cc5)CC4)cn3)nc2n(C2CCCC2)c1=O. The number of aromatic nitrogens is 4. The molecule has 3 fully saturated rings. The molecule has 3 aromatic heterocycles. The number of ketones is 1. The zero-order valence-corrected chi connectivity index (χ0v) is 29.3. The van der Waals surface area contributed by atoms with E-state index in [4.69, 9.17) is 9.72 Å². The summed E-state index contributed by atoms with van der Waals surface area (Å²) < 4.78 is 7.71. The molecule has 3 aliphatic rings. The van der Waals surface area contributed by atoms with Gasteiger partial charge in [0.15, 0.2) is 5.78 Å². The number of fused-ring (bicyclic) bond motifs is 1. The van der Waals surface area contributed by atoms with Crippen molar-refractivity contribution < 1.29 is 19.1 Å². The van der Waals surface area contributed by atoms with E-state index < -0.39 is 0 Å². The fourth-order valence-electron chi connectivity index (χ4n) is 7.92. The Morgan fingerprint density at radius 1 is 0.961 bits per heavy atom. The molecule has 12 nitrogen and oxygen atoms in total. The van der Waals surface area contributed by atoms with E-state index in [1.165, 1.54) is 6.92 Å². The number of hydrogen-bond acceptors (Lipinski definition) is 10. The fourth-order valence-corrected chi connectivity index (χ4v) is 7.92. The highest BCUT2D eigenvalue weighted by atomic mass is 16.5. The van der Waals surface area contributed by atoms with Gasteiger partial charge in [0.05, 0.1) is 30.0 Å². The second-order valence-corrected chi connectivity index (χ2v) is 14.1. The Bertz CT molecular complexity index is 1980. The molecule has 1 aliphatic carbocycles. The second kappa shape index (κ2) is 15.0. The van der Waals surface area contributed by atoms with E-state index in [0.29, 0.717) is 48.3 Å². The third-order valence-corrected chi connectivity index (χ3v) is 10.8. The summed E-state index contributed by atoms with van der Waals surface area (Å²) in [6.45, 7) is 5.82. The van der Waals surface area contributed by atoms with Crippen LogP contribution < -0.4 is 25.8 Å². The normalized spacial score (nSPS) is 18.6. The number of carbonyl (C=O) groups is 3. The average Bonchev–Trinajstić information content (AvgIpc) is 3.66. The number of anilines is 3. The summed E-state index contributed by atoms with van der Waals surface area (Å²) in [5.41, 5.74) is 3.12. The summed E-state index contributed by atoms with van der Waals surface area (Å²) >= 11 is 0. The second-order valence-electron chi connectivity index (χ2n) is 14.1. The minimum atomic E-state index is -0.281. The van der Waals surface area contributed by atoms with Crippen LogP contribution in [0, 0.1) is 12.8 Å². The van der Waals surface area contributed by atoms with Crippen molar-refractivity contribution in [3.05, 3.63) is 75.8 Å². The van der Waals surface area contributed by atoms with E-state index in [-0.39, 0.29) is 40.7 Å². The maximum absolute atomic E-state index is 13.5. The Morgan fingerprint density at radius 2 is 1.73 bits per heavy atom. The molecule has 0 radical (unpaired) electrons. The zero-order chi connectivity index (χ0) is 35.5. The van der Waals surface area contributed by atoms with Gasteiger partial charge in [-0.25, -0.2) is 9.97 Å². The molecule has 51 heavy (non-hydrogen) atoms. The number of hydrogen-bond donors (Lipinski definition) is 2. The van der Waals surface area contributed by atoms with Crippen LogP contribution in [0.4, 0.5) is 17.5 Å². The van der Waals surface area contributed by atoms with Crippen molar-refractivity contribution in [1.29, 1.82) is 0 Å². The fraction of sp³-hybridized carbons (Fsp3) is 0.462. The molecule has 0 bridgehead atoms. The number of rotatable bonds is 11. The third kappa shape index (κ3) is 7.50.